The third kappa shape index (κ3) is 2.19. The largest absolute Gasteiger partial charge is 0.327 e. The van der Waals surface area contributed by atoms with E-state index in [0.29, 0.717) is 12.0 Å². The van der Waals surface area contributed by atoms with Gasteiger partial charge in [0.05, 0.1) is 5.69 Å². The van der Waals surface area contributed by atoms with Gasteiger partial charge in [-0.2, -0.15) is 0 Å². The van der Waals surface area contributed by atoms with Gasteiger partial charge in [0, 0.05) is 28.7 Å². The minimum Gasteiger partial charge on any atom is -0.327 e. The number of hydrogen-bond donors (Lipinski definition) is 1. The van der Waals surface area contributed by atoms with Crippen LogP contribution < -0.4 is 5.73 Å². The van der Waals surface area contributed by atoms with Gasteiger partial charge in [0.1, 0.15) is 0 Å². The highest BCUT2D eigenvalue weighted by molar-refractivity contribution is 6.30. The predicted octanol–water partition coefficient (Wildman–Crippen LogP) is 3.22. The molecule has 1 heterocycles. The summed E-state index contributed by atoms with van der Waals surface area (Å²) in [5, 5.41) is 0.745. The van der Waals surface area contributed by atoms with Crippen molar-refractivity contribution in [3.63, 3.8) is 0 Å². The Morgan fingerprint density at radius 3 is 2.35 bits per heavy atom. The van der Waals surface area contributed by atoms with Crippen LogP contribution in [-0.4, -0.2) is 11.0 Å². The summed E-state index contributed by atoms with van der Waals surface area (Å²) in [6, 6.07) is 12.2. The van der Waals surface area contributed by atoms with Gasteiger partial charge < -0.3 is 5.73 Å². The minimum atomic E-state index is 0.332. The summed E-state index contributed by atoms with van der Waals surface area (Å²) < 4.78 is 0. The Morgan fingerprint density at radius 1 is 1.12 bits per heavy atom. The Morgan fingerprint density at radius 2 is 1.82 bits per heavy atom. The van der Waals surface area contributed by atoms with Crippen LogP contribution in [0.1, 0.15) is 17.9 Å². The SMILES string of the molecule is N[C@H]1C[C@@H]1c1ccc(-c2ccc(Cl)cc2)nc1. The van der Waals surface area contributed by atoms with Crippen molar-refractivity contribution in [3.05, 3.63) is 53.2 Å². The van der Waals surface area contributed by atoms with Gasteiger partial charge in [-0.1, -0.05) is 29.8 Å². The average molecular weight is 245 g/mol. The Hall–Kier alpha value is -1.38. The fourth-order valence-electron chi connectivity index (χ4n) is 2.01. The summed E-state index contributed by atoms with van der Waals surface area (Å²) >= 11 is 5.86. The lowest BCUT2D eigenvalue weighted by molar-refractivity contribution is 0.981. The van der Waals surface area contributed by atoms with Crippen LogP contribution in [-0.2, 0) is 0 Å². The number of benzene rings is 1. The number of hydrogen-bond acceptors (Lipinski definition) is 2. The zero-order valence-corrected chi connectivity index (χ0v) is 10.1. The second kappa shape index (κ2) is 4.13. The Labute approximate surface area is 105 Å². The standard InChI is InChI=1S/C14H13ClN2/c15-11-4-1-9(2-5-11)14-6-3-10(8-17-14)12-7-13(12)16/h1-6,8,12-13H,7,16H2/t12-,13+/m1/s1. The van der Waals surface area contributed by atoms with E-state index < -0.39 is 0 Å². The molecular formula is C14H13ClN2. The van der Waals surface area contributed by atoms with E-state index in [2.05, 4.69) is 11.1 Å². The van der Waals surface area contributed by atoms with Crippen molar-refractivity contribution in [2.75, 3.05) is 0 Å². The maximum atomic E-state index is 5.86. The van der Waals surface area contributed by atoms with E-state index in [-0.39, 0.29) is 0 Å². The summed E-state index contributed by atoms with van der Waals surface area (Å²) in [7, 11) is 0. The van der Waals surface area contributed by atoms with Gasteiger partial charge in [0.25, 0.3) is 0 Å². The van der Waals surface area contributed by atoms with Gasteiger partial charge in [-0.15, -0.1) is 0 Å². The van der Waals surface area contributed by atoms with Gasteiger partial charge >= 0.3 is 0 Å². The molecule has 1 saturated carbocycles. The first-order valence-electron chi connectivity index (χ1n) is 5.71. The van der Waals surface area contributed by atoms with Crippen LogP contribution in [0.5, 0.6) is 0 Å². The van der Waals surface area contributed by atoms with E-state index in [0.717, 1.165) is 22.7 Å². The van der Waals surface area contributed by atoms with E-state index in [9.17, 15) is 0 Å². The zero-order chi connectivity index (χ0) is 11.8. The fraction of sp³-hybridized carbons (Fsp3) is 0.214. The molecule has 0 saturated heterocycles. The maximum Gasteiger partial charge on any atom is 0.0702 e. The summed E-state index contributed by atoms with van der Waals surface area (Å²) in [5.74, 6) is 0.516. The molecular weight excluding hydrogens is 232 g/mol. The van der Waals surface area contributed by atoms with Crippen LogP contribution in [0.4, 0.5) is 0 Å². The Kier molecular flexibility index (Phi) is 2.61. The van der Waals surface area contributed by atoms with Crippen molar-refractivity contribution in [2.45, 2.75) is 18.4 Å². The monoisotopic (exact) mass is 244 g/mol. The second-order valence-electron chi connectivity index (χ2n) is 4.49. The molecule has 86 valence electrons. The van der Waals surface area contributed by atoms with Crippen molar-refractivity contribution in [3.8, 4) is 11.3 Å². The molecule has 0 aliphatic heterocycles. The lowest BCUT2D eigenvalue weighted by atomic mass is 10.1. The molecule has 0 unspecified atom stereocenters. The summed E-state index contributed by atoms with van der Waals surface area (Å²) in [6.45, 7) is 0. The molecule has 0 spiro atoms. The number of aromatic nitrogens is 1. The van der Waals surface area contributed by atoms with Crippen molar-refractivity contribution in [2.24, 2.45) is 5.73 Å². The van der Waals surface area contributed by atoms with E-state index in [1.54, 1.807) is 0 Å². The third-order valence-electron chi connectivity index (χ3n) is 3.19. The first kappa shape index (κ1) is 10.8. The van der Waals surface area contributed by atoms with E-state index in [1.165, 1.54) is 5.56 Å². The van der Waals surface area contributed by atoms with Crippen molar-refractivity contribution in [1.29, 1.82) is 0 Å². The van der Waals surface area contributed by atoms with Crippen LogP contribution in [0.15, 0.2) is 42.6 Å². The molecule has 1 aromatic heterocycles. The fourth-order valence-corrected chi connectivity index (χ4v) is 2.14. The number of halogens is 1. The molecule has 2 aromatic rings. The molecule has 3 heteroatoms. The Balaban J connectivity index is 1.86. The third-order valence-corrected chi connectivity index (χ3v) is 3.45. The van der Waals surface area contributed by atoms with Crippen LogP contribution in [0.2, 0.25) is 5.02 Å². The van der Waals surface area contributed by atoms with E-state index in [4.69, 9.17) is 17.3 Å². The van der Waals surface area contributed by atoms with Gasteiger partial charge in [-0.3, -0.25) is 4.98 Å². The quantitative estimate of drug-likeness (QED) is 0.881. The topological polar surface area (TPSA) is 38.9 Å². The summed E-state index contributed by atoms with van der Waals surface area (Å²) in [5.41, 5.74) is 9.12. The van der Waals surface area contributed by atoms with E-state index in [1.807, 2.05) is 36.5 Å². The molecule has 0 amide bonds. The van der Waals surface area contributed by atoms with Crippen LogP contribution in [0.25, 0.3) is 11.3 Å². The number of rotatable bonds is 2. The molecule has 1 aromatic carbocycles. The smallest absolute Gasteiger partial charge is 0.0702 e. The lowest BCUT2D eigenvalue weighted by Crippen LogP contribution is -2.01. The molecule has 0 bridgehead atoms. The van der Waals surface area contributed by atoms with Crippen LogP contribution >= 0.6 is 11.6 Å². The minimum absolute atomic E-state index is 0.332. The van der Waals surface area contributed by atoms with Gasteiger partial charge in [-0.25, -0.2) is 0 Å². The van der Waals surface area contributed by atoms with Crippen molar-refractivity contribution in [1.82, 2.24) is 4.98 Å². The second-order valence-corrected chi connectivity index (χ2v) is 4.93. The lowest BCUT2D eigenvalue weighted by Gasteiger charge is -2.03. The normalized spacial score (nSPS) is 22.5. The molecule has 1 aliphatic rings. The highest BCUT2D eigenvalue weighted by Crippen LogP contribution is 2.38. The molecule has 1 aliphatic carbocycles. The van der Waals surface area contributed by atoms with Gasteiger partial charge in [-0.05, 0) is 30.2 Å². The first-order valence-corrected chi connectivity index (χ1v) is 6.09. The predicted molar refractivity (Wildman–Crippen MR) is 70.0 cm³/mol. The summed E-state index contributed by atoms with van der Waals surface area (Å²) in [4.78, 5) is 4.48. The zero-order valence-electron chi connectivity index (χ0n) is 9.31. The van der Waals surface area contributed by atoms with Crippen molar-refractivity contribution >= 4 is 11.6 Å². The molecule has 2 nitrogen and oxygen atoms in total. The highest BCUT2D eigenvalue weighted by Gasteiger charge is 2.34. The van der Waals surface area contributed by atoms with Crippen LogP contribution in [0, 0.1) is 0 Å². The number of nitrogens with two attached hydrogens (primary N) is 1. The van der Waals surface area contributed by atoms with Crippen LogP contribution in [0.3, 0.4) is 0 Å². The van der Waals surface area contributed by atoms with Gasteiger partial charge in [0.2, 0.25) is 0 Å². The highest BCUT2D eigenvalue weighted by atomic mass is 35.5. The summed E-state index contributed by atoms with van der Waals surface area (Å²) in [6.07, 6.45) is 3.02. The number of pyridine rings is 1. The van der Waals surface area contributed by atoms with Crippen molar-refractivity contribution < 1.29 is 0 Å². The molecule has 1 fully saturated rings. The van der Waals surface area contributed by atoms with E-state index >= 15 is 0 Å². The molecule has 0 radical (unpaired) electrons. The Bertz CT molecular complexity index is 519. The van der Waals surface area contributed by atoms with Gasteiger partial charge in [0.15, 0.2) is 0 Å². The number of nitrogens with zero attached hydrogens (tertiary/aromatic N) is 1. The molecule has 2 N–H and O–H groups in total. The average Bonchev–Trinajstić information content (AvgIpc) is 3.08. The molecule has 2 atom stereocenters. The maximum absolute atomic E-state index is 5.86. The first-order chi connectivity index (χ1) is 8.24. The molecule has 17 heavy (non-hydrogen) atoms. The molecule has 3 rings (SSSR count).